The van der Waals surface area contributed by atoms with Crippen LogP contribution in [0.25, 0.3) is 23.1 Å². The van der Waals surface area contributed by atoms with Crippen LogP contribution in [-0.2, 0) is 0 Å². The van der Waals surface area contributed by atoms with Gasteiger partial charge >= 0.3 is 0 Å². The lowest BCUT2D eigenvalue weighted by Gasteiger charge is -2.14. The molecule has 1 heterocycles. The average Bonchev–Trinajstić information content (AvgIpc) is 2.71. The zero-order valence-electron chi connectivity index (χ0n) is 16.8. The molecule has 0 aliphatic carbocycles. The molecule has 0 aliphatic heterocycles. The number of nitro groups is 1. The van der Waals surface area contributed by atoms with E-state index >= 15 is 0 Å². The van der Waals surface area contributed by atoms with Gasteiger partial charge in [-0.05, 0) is 50.0 Å². The molecule has 3 rings (SSSR count). The van der Waals surface area contributed by atoms with Crippen LogP contribution in [0.1, 0.15) is 11.3 Å². The summed E-state index contributed by atoms with van der Waals surface area (Å²) in [6.45, 7) is 1.68. The first-order valence-electron chi connectivity index (χ1n) is 9.26. The Hall–Kier alpha value is -3.45. The van der Waals surface area contributed by atoms with Crippen molar-refractivity contribution in [2.45, 2.75) is 0 Å². The van der Waals surface area contributed by atoms with E-state index in [4.69, 9.17) is 9.72 Å². The Balaban J connectivity index is 1.95. The first-order chi connectivity index (χ1) is 14.0. The Morgan fingerprint density at radius 1 is 1.17 bits per heavy atom. The summed E-state index contributed by atoms with van der Waals surface area (Å²) in [5.41, 5.74) is 3.39. The van der Waals surface area contributed by atoms with Crippen LogP contribution in [0.2, 0.25) is 0 Å². The van der Waals surface area contributed by atoms with Gasteiger partial charge in [-0.3, -0.25) is 10.1 Å². The van der Waals surface area contributed by atoms with Crippen molar-refractivity contribution in [2.24, 2.45) is 0 Å². The summed E-state index contributed by atoms with van der Waals surface area (Å²) >= 11 is 0. The highest BCUT2D eigenvalue weighted by atomic mass is 16.6. The molecule has 150 valence electrons. The SMILES string of the molecule is COc1ccc2nc(/C=C/c3cccc([N+](=O)[O-])c3)cc(NCCN(C)C)c2c1. The summed E-state index contributed by atoms with van der Waals surface area (Å²) in [5, 5.41) is 15.4. The van der Waals surface area contributed by atoms with Crippen LogP contribution >= 0.6 is 0 Å². The Morgan fingerprint density at radius 3 is 2.72 bits per heavy atom. The molecule has 3 aromatic rings. The number of fused-ring (bicyclic) bond motifs is 1. The number of hydrogen-bond donors (Lipinski definition) is 1. The van der Waals surface area contributed by atoms with Crippen LogP contribution in [-0.4, -0.2) is 49.1 Å². The van der Waals surface area contributed by atoms with Gasteiger partial charge in [-0.2, -0.15) is 0 Å². The van der Waals surface area contributed by atoms with E-state index in [0.717, 1.165) is 46.7 Å². The molecule has 1 aromatic heterocycles. The van der Waals surface area contributed by atoms with Gasteiger partial charge in [-0.1, -0.05) is 18.2 Å². The average molecular weight is 392 g/mol. The number of pyridine rings is 1. The van der Waals surface area contributed by atoms with Gasteiger partial charge in [0.25, 0.3) is 5.69 Å². The number of aromatic nitrogens is 1. The fraction of sp³-hybridized carbons (Fsp3) is 0.227. The second-order valence-electron chi connectivity index (χ2n) is 6.89. The molecule has 0 saturated heterocycles. The number of ether oxygens (including phenoxy) is 1. The van der Waals surface area contributed by atoms with Crippen LogP contribution in [0.15, 0.2) is 48.5 Å². The Bertz CT molecular complexity index is 1050. The second kappa shape index (κ2) is 9.16. The number of nitro benzene ring substituents is 1. The maximum atomic E-state index is 11.0. The molecule has 0 aliphatic rings. The fourth-order valence-electron chi connectivity index (χ4n) is 2.92. The molecule has 0 radical (unpaired) electrons. The molecule has 0 atom stereocenters. The lowest BCUT2D eigenvalue weighted by Crippen LogP contribution is -2.20. The lowest BCUT2D eigenvalue weighted by atomic mass is 10.1. The number of hydrogen-bond acceptors (Lipinski definition) is 6. The standard InChI is InChI=1S/C22H24N4O3/c1-25(2)12-11-23-22-14-17(24-21-10-9-19(29-3)15-20(21)22)8-7-16-5-4-6-18(13-16)26(27)28/h4-10,13-15H,11-12H2,1-3H3,(H,23,24)/b8-7+. The van der Waals surface area contributed by atoms with Crippen LogP contribution in [0.4, 0.5) is 11.4 Å². The summed E-state index contributed by atoms with van der Waals surface area (Å²) in [4.78, 5) is 17.4. The van der Waals surface area contributed by atoms with Gasteiger partial charge in [-0.25, -0.2) is 4.98 Å². The van der Waals surface area contributed by atoms with E-state index in [1.807, 2.05) is 56.6 Å². The quantitative estimate of drug-likeness (QED) is 0.455. The predicted molar refractivity (Wildman–Crippen MR) is 117 cm³/mol. The van der Waals surface area contributed by atoms with Crippen LogP contribution < -0.4 is 10.1 Å². The van der Waals surface area contributed by atoms with E-state index in [1.165, 1.54) is 6.07 Å². The number of benzene rings is 2. The van der Waals surface area contributed by atoms with Gasteiger partial charge in [0, 0.05) is 36.3 Å². The number of non-ortho nitro benzene ring substituents is 1. The molecule has 0 fully saturated rings. The summed E-state index contributed by atoms with van der Waals surface area (Å²) in [6, 6.07) is 14.3. The first-order valence-corrected chi connectivity index (χ1v) is 9.26. The number of anilines is 1. The highest BCUT2D eigenvalue weighted by Crippen LogP contribution is 2.28. The topological polar surface area (TPSA) is 80.5 Å². The Labute approximate surface area is 169 Å². The van der Waals surface area contributed by atoms with Crippen LogP contribution in [0.5, 0.6) is 5.75 Å². The minimum Gasteiger partial charge on any atom is -0.497 e. The third-order valence-electron chi connectivity index (χ3n) is 4.44. The van der Waals surface area contributed by atoms with Crippen molar-refractivity contribution in [3.05, 3.63) is 69.9 Å². The van der Waals surface area contributed by atoms with Gasteiger partial charge in [0.15, 0.2) is 0 Å². The Morgan fingerprint density at radius 2 is 2.00 bits per heavy atom. The molecule has 1 N–H and O–H groups in total. The number of likely N-dealkylation sites (N-methyl/N-ethyl adjacent to an activating group) is 1. The number of rotatable bonds is 8. The van der Waals surface area contributed by atoms with Crippen LogP contribution in [0.3, 0.4) is 0 Å². The highest BCUT2D eigenvalue weighted by molar-refractivity contribution is 5.94. The maximum Gasteiger partial charge on any atom is 0.270 e. The van der Waals surface area contributed by atoms with E-state index in [2.05, 4.69) is 10.2 Å². The third kappa shape index (κ3) is 5.30. The Kier molecular flexibility index (Phi) is 6.41. The van der Waals surface area contributed by atoms with E-state index in [1.54, 1.807) is 19.2 Å². The summed E-state index contributed by atoms with van der Waals surface area (Å²) in [6.07, 6.45) is 3.69. The third-order valence-corrected chi connectivity index (χ3v) is 4.44. The molecule has 7 nitrogen and oxygen atoms in total. The minimum absolute atomic E-state index is 0.0664. The molecule has 7 heteroatoms. The van der Waals surface area contributed by atoms with Crippen molar-refractivity contribution in [1.82, 2.24) is 9.88 Å². The first kappa shape index (κ1) is 20.3. The van der Waals surface area contributed by atoms with E-state index < -0.39 is 4.92 Å². The van der Waals surface area contributed by atoms with Crippen molar-refractivity contribution in [1.29, 1.82) is 0 Å². The van der Waals surface area contributed by atoms with Gasteiger partial charge in [-0.15, -0.1) is 0 Å². The van der Waals surface area contributed by atoms with Gasteiger partial charge in [0.05, 0.1) is 23.2 Å². The summed E-state index contributed by atoms with van der Waals surface area (Å²) in [5.74, 6) is 0.773. The highest BCUT2D eigenvalue weighted by Gasteiger charge is 2.07. The fourth-order valence-corrected chi connectivity index (χ4v) is 2.92. The molecule has 0 saturated carbocycles. The number of nitrogens with one attached hydrogen (secondary N) is 1. The monoisotopic (exact) mass is 392 g/mol. The molecular weight excluding hydrogens is 368 g/mol. The molecular formula is C22H24N4O3. The van der Waals surface area contributed by atoms with E-state index in [9.17, 15) is 10.1 Å². The number of nitrogens with zero attached hydrogens (tertiary/aromatic N) is 3. The normalized spacial score (nSPS) is 11.3. The van der Waals surface area contributed by atoms with Gasteiger partial charge in [0.2, 0.25) is 0 Å². The maximum absolute atomic E-state index is 11.0. The van der Waals surface area contributed by atoms with Crippen molar-refractivity contribution < 1.29 is 9.66 Å². The molecule has 2 aromatic carbocycles. The van der Waals surface area contributed by atoms with Gasteiger partial charge < -0.3 is 15.0 Å². The van der Waals surface area contributed by atoms with Crippen molar-refractivity contribution >= 4 is 34.4 Å². The lowest BCUT2D eigenvalue weighted by molar-refractivity contribution is -0.384. The van der Waals surface area contributed by atoms with Crippen molar-refractivity contribution in [3.8, 4) is 5.75 Å². The molecule has 0 amide bonds. The zero-order chi connectivity index (χ0) is 20.8. The van der Waals surface area contributed by atoms with Crippen molar-refractivity contribution in [2.75, 3.05) is 39.6 Å². The number of methoxy groups -OCH3 is 1. The summed E-state index contributed by atoms with van der Waals surface area (Å²) in [7, 11) is 5.70. The second-order valence-corrected chi connectivity index (χ2v) is 6.89. The largest absolute Gasteiger partial charge is 0.497 e. The zero-order valence-corrected chi connectivity index (χ0v) is 16.8. The minimum atomic E-state index is -0.397. The molecule has 0 bridgehead atoms. The van der Waals surface area contributed by atoms with Crippen LogP contribution in [0, 0.1) is 10.1 Å². The molecule has 0 unspecified atom stereocenters. The predicted octanol–water partition coefficient (Wildman–Crippen LogP) is 4.30. The molecule has 0 spiro atoms. The smallest absolute Gasteiger partial charge is 0.270 e. The molecule has 29 heavy (non-hydrogen) atoms. The van der Waals surface area contributed by atoms with Crippen molar-refractivity contribution in [3.63, 3.8) is 0 Å². The van der Waals surface area contributed by atoms with Gasteiger partial charge in [0.1, 0.15) is 5.75 Å². The van der Waals surface area contributed by atoms with E-state index in [0.29, 0.717) is 0 Å². The van der Waals surface area contributed by atoms with E-state index in [-0.39, 0.29) is 5.69 Å². The summed E-state index contributed by atoms with van der Waals surface area (Å²) < 4.78 is 5.35.